The molecule has 7 nitrogen and oxygen atoms in total. The highest BCUT2D eigenvalue weighted by Crippen LogP contribution is 2.29. The van der Waals surface area contributed by atoms with Crippen LogP contribution in [0.3, 0.4) is 0 Å². The topological polar surface area (TPSA) is 89.0 Å². The molecule has 0 aliphatic rings. The molecule has 2 aromatic carbocycles. The predicted octanol–water partition coefficient (Wildman–Crippen LogP) is 3.15. The van der Waals surface area contributed by atoms with Crippen LogP contribution in [0.5, 0.6) is 11.5 Å². The molecule has 2 rings (SSSR count). The van der Waals surface area contributed by atoms with Crippen LogP contribution in [0.1, 0.15) is 17.5 Å². The lowest BCUT2D eigenvalue weighted by Crippen LogP contribution is -2.24. The lowest BCUT2D eigenvalue weighted by Gasteiger charge is -2.11. The molecule has 29 heavy (non-hydrogen) atoms. The van der Waals surface area contributed by atoms with Gasteiger partial charge in [-0.15, -0.1) is 6.42 Å². The zero-order valence-electron chi connectivity index (χ0n) is 16.0. The second-order valence-electron chi connectivity index (χ2n) is 5.85. The number of terminal acetylenes is 1. The van der Waals surface area contributed by atoms with Crippen LogP contribution in [-0.4, -0.2) is 31.7 Å². The molecule has 150 valence electrons. The smallest absolute Gasteiger partial charge is 0.249 e. The fraction of sp³-hybridized carbons (Fsp3) is 0.190. The lowest BCUT2D eigenvalue weighted by atomic mass is 10.2. The Labute approximate surface area is 174 Å². The molecular weight excluding hydrogens is 394 g/mol. The summed E-state index contributed by atoms with van der Waals surface area (Å²) < 4.78 is 10.7. The van der Waals surface area contributed by atoms with E-state index < -0.39 is 18.2 Å². The van der Waals surface area contributed by atoms with Gasteiger partial charge in [-0.25, -0.2) is 5.43 Å². The van der Waals surface area contributed by atoms with E-state index in [-0.39, 0.29) is 6.61 Å². The van der Waals surface area contributed by atoms with Crippen LogP contribution >= 0.6 is 11.6 Å². The van der Waals surface area contributed by atoms with Crippen molar-refractivity contribution in [3.05, 3.63) is 52.5 Å². The van der Waals surface area contributed by atoms with Gasteiger partial charge in [-0.3, -0.25) is 9.59 Å². The Bertz CT molecular complexity index is 967. The van der Waals surface area contributed by atoms with Crippen LogP contribution in [0.2, 0.25) is 5.02 Å². The minimum absolute atomic E-state index is 0.0524. The summed E-state index contributed by atoms with van der Waals surface area (Å²) >= 11 is 6.02. The number of benzene rings is 2. The van der Waals surface area contributed by atoms with Crippen molar-refractivity contribution in [3.8, 4) is 23.8 Å². The van der Waals surface area contributed by atoms with Crippen LogP contribution in [-0.2, 0) is 9.59 Å². The van der Waals surface area contributed by atoms with Gasteiger partial charge in [0.15, 0.2) is 11.5 Å². The Kier molecular flexibility index (Phi) is 8.07. The number of hydrazone groups is 1. The Morgan fingerprint density at radius 3 is 2.76 bits per heavy atom. The molecule has 0 aliphatic heterocycles. The quantitative estimate of drug-likeness (QED) is 0.301. The zero-order valence-corrected chi connectivity index (χ0v) is 16.7. The van der Waals surface area contributed by atoms with Crippen molar-refractivity contribution >= 4 is 35.3 Å². The lowest BCUT2D eigenvalue weighted by molar-refractivity contribution is -0.126. The van der Waals surface area contributed by atoms with E-state index in [1.807, 2.05) is 6.92 Å². The average Bonchev–Trinajstić information content (AvgIpc) is 2.69. The second-order valence-corrected chi connectivity index (χ2v) is 6.26. The van der Waals surface area contributed by atoms with E-state index in [9.17, 15) is 9.59 Å². The van der Waals surface area contributed by atoms with Gasteiger partial charge < -0.3 is 14.8 Å². The summed E-state index contributed by atoms with van der Waals surface area (Å²) in [6, 6.07) is 10.3. The first-order valence-corrected chi connectivity index (χ1v) is 8.93. The van der Waals surface area contributed by atoms with E-state index in [4.69, 9.17) is 27.5 Å². The number of ether oxygens (including phenoxy) is 2. The maximum Gasteiger partial charge on any atom is 0.249 e. The molecule has 0 fully saturated rings. The van der Waals surface area contributed by atoms with Crippen molar-refractivity contribution in [2.75, 3.05) is 19.0 Å². The SMILES string of the molecule is C#CCOc1c(C=NNC(=O)CC(=O)Nc2ccc(C)c(Cl)c2)cccc1OC. The van der Waals surface area contributed by atoms with Crippen molar-refractivity contribution in [1.82, 2.24) is 5.43 Å². The summed E-state index contributed by atoms with van der Waals surface area (Å²) in [6.07, 6.45) is 6.20. The summed E-state index contributed by atoms with van der Waals surface area (Å²) in [5, 5.41) is 6.99. The van der Waals surface area contributed by atoms with E-state index in [1.165, 1.54) is 13.3 Å². The number of aryl methyl sites for hydroxylation is 1. The Balaban J connectivity index is 1.94. The minimum atomic E-state index is -0.578. The van der Waals surface area contributed by atoms with E-state index in [1.54, 1.807) is 36.4 Å². The number of nitrogens with one attached hydrogen (secondary N) is 2. The number of para-hydroxylation sites is 1. The van der Waals surface area contributed by atoms with Gasteiger partial charge in [0.2, 0.25) is 11.8 Å². The molecule has 0 heterocycles. The molecule has 0 unspecified atom stereocenters. The normalized spacial score (nSPS) is 10.3. The summed E-state index contributed by atoms with van der Waals surface area (Å²) in [4.78, 5) is 23.9. The summed E-state index contributed by atoms with van der Waals surface area (Å²) in [7, 11) is 1.50. The van der Waals surface area contributed by atoms with E-state index in [0.29, 0.717) is 27.8 Å². The van der Waals surface area contributed by atoms with Crippen molar-refractivity contribution in [3.63, 3.8) is 0 Å². The van der Waals surface area contributed by atoms with E-state index in [0.717, 1.165) is 5.56 Å². The van der Waals surface area contributed by atoms with Gasteiger partial charge in [0.05, 0.1) is 13.3 Å². The molecule has 0 radical (unpaired) electrons. The standard InChI is InChI=1S/C21H20ClN3O4/c1-4-10-29-21-15(6-5-7-18(21)28-3)13-23-25-20(27)12-19(26)24-16-9-8-14(2)17(22)11-16/h1,5-9,11,13H,10,12H2,2-3H3,(H,24,26)(H,25,27). The van der Waals surface area contributed by atoms with Gasteiger partial charge in [-0.1, -0.05) is 29.7 Å². The maximum atomic E-state index is 12.0. The number of methoxy groups -OCH3 is 1. The highest BCUT2D eigenvalue weighted by atomic mass is 35.5. The molecule has 8 heteroatoms. The largest absolute Gasteiger partial charge is 0.493 e. The number of rotatable bonds is 8. The fourth-order valence-corrected chi connectivity index (χ4v) is 2.48. The summed E-state index contributed by atoms with van der Waals surface area (Å²) in [6.45, 7) is 1.90. The fourth-order valence-electron chi connectivity index (χ4n) is 2.30. The van der Waals surface area contributed by atoms with Crippen molar-refractivity contribution in [1.29, 1.82) is 0 Å². The minimum Gasteiger partial charge on any atom is -0.493 e. The molecule has 0 bridgehead atoms. The number of hydrogen-bond donors (Lipinski definition) is 2. The molecule has 2 aromatic rings. The van der Waals surface area contributed by atoms with Crippen LogP contribution in [0.15, 0.2) is 41.5 Å². The number of carbonyl (C=O) groups excluding carboxylic acids is 2. The first-order valence-electron chi connectivity index (χ1n) is 8.55. The molecule has 2 amide bonds. The number of nitrogens with zero attached hydrogens (tertiary/aromatic N) is 1. The van der Waals surface area contributed by atoms with Crippen molar-refractivity contribution in [2.24, 2.45) is 5.10 Å². The Morgan fingerprint density at radius 2 is 2.07 bits per heavy atom. The highest BCUT2D eigenvalue weighted by Gasteiger charge is 2.11. The average molecular weight is 414 g/mol. The van der Waals surface area contributed by atoms with Crippen LogP contribution < -0.4 is 20.2 Å². The van der Waals surface area contributed by atoms with Crippen LogP contribution in [0, 0.1) is 19.3 Å². The van der Waals surface area contributed by atoms with Gasteiger partial charge in [-0.05, 0) is 36.8 Å². The Hall–Kier alpha value is -3.50. The molecular formula is C21H20ClN3O4. The molecule has 0 spiro atoms. The van der Waals surface area contributed by atoms with Crippen molar-refractivity contribution < 1.29 is 19.1 Å². The summed E-state index contributed by atoms with van der Waals surface area (Å²) in [5.41, 5.74) is 4.25. The number of carbonyl (C=O) groups is 2. The highest BCUT2D eigenvalue weighted by molar-refractivity contribution is 6.31. The first kappa shape index (κ1) is 21.8. The third kappa shape index (κ3) is 6.55. The predicted molar refractivity (Wildman–Crippen MR) is 112 cm³/mol. The molecule has 0 atom stereocenters. The molecule has 2 N–H and O–H groups in total. The maximum absolute atomic E-state index is 12.0. The van der Waals surface area contributed by atoms with Crippen molar-refractivity contribution in [2.45, 2.75) is 13.3 Å². The molecule has 0 saturated carbocycles. The second kappa shape index (κ2) is 10.7. The van der Waals surface area contributed by atoms with E-state index in [2.05, 4.69) is 21.8 Å². The molecule has 0 aromatic heterocycles. The van der Waals surface area contributed by atoms with Gasteiger partial charge in [0, 0.05) is 16.3 Å². The zero-order chi connectivity index (χ0) is 21.2. The number of hydrogen-bond acceptors (Lipinski definition) is 5. The third-order valence-corrected chi connectivity index (χ3v) is 4.11. The third-order valence-electron chi connectivity index (χ3n) is 3.70. The summed E-state index contributed by atoms with van der Waals surface area (Å²) in [5.74, 6) is 2.19. The Morgan fingerprint density at radius 1 is 1.28 bits per heavy atom. The van der Waals surface area contributed by atoms with Gasteiger partial charge in [-0.2, -0.15) is 5.10 Å². The van der Waals surface area contributed by atoms with Gasteiger partial charge in [0.1, 0.15) is 13.0 Å². The van der Waals surface area contributed by atoms with Crippen LogP contribution in [0.25, 0.3) is 0 Å². The first-order chi connectivity index (χ1) is 13.9. The van der Waals surface area contributed by atoms with Crippen LogP contribution in [0.4, 0.5) is 5.69 Å². The molecule has 0 aliphatic carbocycles. The monoisotopic (exact) mass is 413 g/mol. The number of amides is 2. The van der Waals surface area contributed by atoms with E-state index >= 15 is 0 Å². The van der Waals surface area contributed by atoms with Gasteiger partial charge >= 0.3 is 0 Å². The van der Waals surface area contributed by atoms with Gasteiger partial charge in [0.25, 0.3) is 0 Å². The number of anilines is 1. The number of halogens is 1. The molecule has 0 saturated heterocycles.